The van der Waals surface area contributed by atoms with Crippen molar-refractivity contribution >= 4 is 28.2 Å². The second-order valence-electron chi connectivity index (χ2n) is 6.40. The van der Waals surface area contributed by atoms with Crippen LogP contribution in [0, 0.1) is 5.92 Å². The molecule has 2 aromatic rings. The molecule has 1 aliphatic carbocycles. The number of hydrogen-bond donors (Lipinski definition) is 2. The quantitative estimate of drug-likeness (QED) is 0.902. The first-order valence-electron chi connectivity index (χ1n) is 8.14. The predicted octanol–water partition coefficient (Wildman–Crippen LogP) is 3.20. The van der Waals surface area contributed by atoms with Gasteiger partial charge in [0, 0.05) is 23.0 Å². The van der Waals surface area contributed by atoms with Crippen LogP contribution in [0.2, 0.25) is 5.02 Å². The van der Waals surface area contributed by atoms with Gasteiger partial charge in [-0.1, -0.05) is 30.9 Å². The molecule has 3 N–H and O–H groups in total. The fraction of sp³-hybridized carbons (Fsp3) is 0.444. The zero-order chi connectivity index (χ0) is 16.4. The lowest BCUT2D eigenvalue weighted by molar-refractivity contribution is -0.121. The standard InChI is InChI=1S/C18H21ClN2O2/c19-15-10-14-12(6-7-21-18(14)23)8-13(15)9-16(22)17(20)11-4-2-1-3-5-11/h6-8,10-11,17H,1-5,9,20H2,(H,21,23)/t17-/m1/s1. The van der Waals surface area contributed by atoms with Crippen LogP contribution in [0.25, 0.3) is 10.8 Å². The summed E-state index contributed by atoms with van der Waals surface area (Å²) in [4.78, 5) is 26.9. The van der Waals surface area contributed by atoms with E-state index in [1.54, 1.807) is 12.3 Å². The summed E-state index contributed by atoms with van der Waals surface area (Å²) < 4.78 is 0. The van der Waals surface area contributed by atoms with Gasteiger partial charge in [-0.3, -0.25) is 9.59 Å². The van der Waals surface area contributed by atoms with E-state index in [0.717, 1.165) is 36.6 Å². The van der Waals surface area contributed by atoms with Crippen LogP contribution >= 0.6 is 11.6 Å². The number of H-pyrrole nitrogens is 1. The van der Waals surface area contributed by atoms with Gasteiger partial charge in [-0.2, -0.15) is 0 Å². The first-order valence-corrected chi connectivity index (χ1v) is 8.52. The highest BCUT2D eigenvalue weighted by Gasteiger charge is 2.26. The number of nitrogens with two attached hydrogens (primary N) is 1. The third kappa shape index (κ3) is 3.48. The Morgan fingerprint density at radius 3 is 2.78 bits per heavy atom. The summed E-state index contributed by atoms with van der Waals surface area (Å²) in [6.45, 7) is 0. The fourth-order valence-electron chi connectivity index (χ4n) is 3.45. The molecule has 23 heavy (non-hydrogen) atoms. The average molecular weight is 333 g/mol. The number of benzene rings is 1. The van der Waals surface area contributed by atoms with Crippen molar-refractivity contribution in [3.05, 3.63) is 45.3 Å². The molecule has 4 nitrogen and oxygen atoms in total. The van der Waals surface area contributed by atoms with Gasteiger partial charge in [0.25, 0.3) is 5.56 Å². The third-order valence-corrected chi connectivity index (χ3v) is 5.19. The molecule has 1 aromatic carbocycles. The monoisotopic (exact) mass is 332 g/mol. The summed E-state index contributed by atoms with van der Waals surface area (Å²) in [6.07, 6.45) is 7.44. The molecule has 0 bridgehead atoms. The minimum Gasteiger partial charge on any atom is -0.329 e. The Balaban J connectivity index is 1.81. The average Bonchev–Trinajstić information content (AvgIpc) is 2.56. The number of hydrogen-bond acceptors (Lipinski definition) is 3. The number of aromatic nitrogens is 1. The zero-order valence-corrected chi connectivity index (χ0v) is 13.7. The van der Waals surface area contributed by atoms with Crippen LogP contribution in [0.1, 0.15) is 37.7 Å². The molecule has 0 saturated heterocycles. The van der Waals surface area contributed by atoms with Crippen molar-refractivity contribution in [3.8, 4) is 0 Å². The highest BCUT2D eigenvalue weighted by atomic mass is 35.5. The van der Waals surface area contributed by atoms with Gasteiger partial charge in [-0.15, -0.1) is 0 Å². The van der Waals surface area contributed by atoms with Crippen LogP contribution in [0.15, 0.2) is 29.2 Å². The lowest BCUT2D eigenvalue weighted by Gasteiger charge is -2.26. The summed E-state index contributed by atoms with van der Waals surface area (Å²) in [6, 6.07) is 4.84. The minimum absolute atomic E-state index is 0.0305. The Kier molecular flexibility index (Phi) is 4.83. The van der Waals surface area contributed by atoms with E-state index >= 15 is 0 Å². The van der Waals surface area contributed by atoms with Crippen molar-refractivity contribution in [1.29, 1.82) is 0 Å². The van der Waals surface area contributed by atoms with E-state index in [1.807, 2.05) is 12.1 Å². The molecule has 1 atom stereocenters. The number of fused-ring (bicyclic) bond motifs is 1. The highest BCUT2D eigenvalue weighted by Crippen LogP contribution is 2.28. The summed E-state index contributed by atoms with van der Waals surface area (Å²) in [7, 11) is 0. The first-order chi connectivity index (χ1) is 11.1. The number of halogens is 1. The van der Waals surface area contributed by atoms with Crippen LogP contribution in [-0.4, -0.2) is 16.8 Å². The molecule has 1 aliphatic rings. The molecule has 1 saturated carbocycles. The van der Waals surface area contributed by atoms with Crippen LogP contribution in [0.3, 0.4) is 0 Å². The van der Waals surface area contributed by atoms with Gasteiger partial charge in [0.15, 0.2) is 5.78 Å². The van der Waals surface area contributed by atoms with Crippen molar-refractivity contribution in [2.75, 3.05) is 0 Å². The Morgan fingerprint density at radius 1 is 1.30 bits per heavy atom. The Bertz CT molecular complexity index is 778. The van der Waals surface area contributed by atoms with E-state index in [1.165, 1.54) is 6.42 Å². The van der Waals surface area contributed by atoms with Gasteiger partial charge < -0.3 is 10.7 Å². The summed E-state index contributed by atoms with van der Waals surface area (Å²) in [5.74, 6) is 0.321. The van der Waals surface area contributed by atoms with E-state index in [2.05, 4.69) is 4.98 Å². The van der Waals surface area contributed by atoms with Crippen molar-refractivity contribution in [2.24, 2.45) is 11.7 Å². The van der Waals surface area contributed by atoms with E-state index in [0.29, 0.717) is 16.3 Å². The number of carbonyl (C=O) groups is 1. The number of nitrogens with one attached hydrogen (secondary N) is 1. The van der Waals surface area contributed by atoms with Gasteiger partial charge in [0.2, 0.25) is 0 Å². The van der Waals surface area contributed by atoms with Crippen molar-refractivity contribution in [2.45, 2.75) is 44.6 Å². The molecule has 0 spiro atoms. The van der Waals surface area contributed by atoms with Gasteiger partial charge in [0.1, 0.15) is 0 Å². The number of pyridine rings is 1. The Hall–Kier alpha value is -1.65. The first kappa shape index (κ1) is 16.2. The molecule has 1 fully saturated rings. The van der Waals surface area contributed by atoms with Gasteiger partial charge >= 0.3 is 0 Å². The van der Waals surface area contributed by atoms with E-state index in [-0.39, 0.29) is 17.8 Å². The number of Topliss-reactive ketones (excluding diaryl/α,β-unsaturated/α-hetero) is 1. The van der Waals surface area contributed by atoms with E-state index < -0.39 is 6.04 Å². The van der Waals surface area contributed by atoms with Crippen molar-refractivity contribution in [1.82, 2.24) is 4.98 Å². The van der Waals surface area contributed by atoms with Crippen molar-refractivity contribution in [3.63, 3.8) is 0 Å². The molecular weight excluding hydrogens is 312 g/mol. The maximum absolute atomic E-state index is 12.5. The molecule has 3 rings (SSSR count). The second kappa shape index (κ2) is 6.85. The molecule has 0 amide bonds. The molecule has 0 radical (unpaired) electrons. The molecule has 0 aliphatic heterocycles. The minimum atomic E-state index is -0.416. The Morgan fingerprint density at radius 2 is 2.04 bits per heavy atom. The van der Waals surface area contributed by atoms with Crippen molar-refractivity contribution < 1.29 is 4.79 Å². The summed E-state index contributed by atoms with van der Waals surface area (Å²) in [5.41, 5.74) is 6.74. The maximum atomic E-state index is 12.5. The van der Waals surface area contributed by atoms with Crippen LogP contribution < -0.4 is 11.3 Å². The molecule has 5 heteroatoms. The molecule has 1 heterocycles. The van der Waals surface area contributed by atoms with Gasteiger partial charge in [0.05, 0.1) is 6.04 Å². The lowest BCUT2D eigenvalue weighted by atomic mass is 9.81. The SMILES string of the molecule is N[C@@H](C(=O)Cc1cc2cc[nH]c(=O)c2cc1Cl)C1CCCCC1. The predicted molar refractivity (Wildman–Crippen MR) is 92.8 cm³/mol. The van der Waals surface area contributed by atoms with Crippen LogP contribution in [-0.2, 0) is 11.2 Å². The molecule has 0 unspecified atom stereocenters. The van der Waals surface area contributed by atoms with Crippen LogP contribution in [0.4, 0.5) is 0 Å². The molecule has 122 valence electrons. The summed E-state index contributed by atoms with van der Waals surface area (Å²) in [5, 5.41) is 1.76. The summed E-state index contributed by atoms with van der Waals surface area (Å²) >= 11 is 6.26. The smallest absolute Gasteiger partial charge is 0.255 e. The van der Waals surface area contributed by atoms with E-state index in [4.69, 9.17) is 17.3 Å². The fourth-order valence-corrected chi connectivity index (χ4v) is 3.68. The lowest BCUT2D eigenvalue weighted by Crippen LogP contribution is -2.40. The van der Waals surface area contributed by atoms with Crippen LogP contribution in [0.5, 0.6) is 0 Å². The number of carbonyl (C=O) groups excluding carboxylic acids is 1. The number of aromatic amines is 1. The second-order valence-corrected chi connectivity index (χ2v) is 6.81. The number of ketones is 1. The normalized spacial score (nSPS) is 17.3. The molecular formula is C18H21ClN2O2. The zero-order valence-electron chi connectivity index (χ0n) is 13.0. The molecule has 1 aromatic heterocycles. The largest absolute Gasteiger partial charge is 0.329 e. The topological polar surface area (TPSA) is 76.0 Å². The highest BCUT2D eigenvalue weighted by molar-refractivity contribution is 6.32. The van der Waals surface area contributed by atoms with Gasteiger partial charge in [-0.05, 0) is 47.9 Å². The number of rotatable bonds is 4. The maximum Gasteiger partial charge on any atom is 0.255 e. The van der Waals surface area contributed by atoms with Gasteiger partial charge in [-0.25, -0.2) is 0 Å². The Labute approximate surface area is 140 Å². The van der Waals surface area contributed by atoms with E-state index in [9.17, 15) is 9.59 Å². The third-order valence-electron chi connectivity index (χ3n) is 4.83.